The summed E-state index contributed by atoms with van der Waals surface area (Å²) in [7, 11) is 0. The van der Waals surface area contributed by atoms with Crippen LogP contribution in [0, 0.1) is 0 Å². The molecule has 0 fully saturated rings. The number of nitrogens with one attached hydrogen (secondary N) is 1. The maximum atomic E-state index is 5.76. The molecule has 0 aromatic carbocycles. The minimum absolute atomic E-state index is 0.0229. The van der Waals surface area contributed by atoms with Crippen LogP contribution in [-0.4, -0.2) is 25.3 Å². The fraction of sp³-hybridized carbons (Fsp3) is 0.692. The summed E-state index contributed by atoms with van der Waals surface area (Å²) in [5, 5.41) is 7.73. The fourth-order valence-electron chi connectivity index (χ4n) is 1.29. The summed E-state index contributed by atoms with van der Waals surface area (Å²) in [6.45, 7) is 9.20. The molecule has 0 saturated carbocycles. The van der Waals surface area contributed by atoms with E-state index in [0.717, 1.165) is 32.5 Å². The van der Waals surface area contributed by atoms with Gasteiger partial charge in [0, 0.05) is 6.54 Å². The first-order valence-electron chi connectivity index (χ1n) is 6.00. The summed E-state index contributed by atoms with van der Waals surface area (Å²) in [6.07, 6.45) is 2.17. The highest BCUT2D eigenvalue weighted by molar-refractivity contribution is 7.07. The van der Waals surface area contributed by atoms with E-state index in [4.69, 9.17) is 4.74 Å². The van der Waals surface area contributed by atoms with Crippen molar-refractivity contribution in [2.45, 2.75) is 39.2 Å². The van der Waals surface area contributed by atoms with Gasteiger partial charge in [-0.25, -0.2) is 0 Å². The molecular formula is C13H23NOS. The van der Waals surface area contributed by atoms with Gasteiger partial charge in [0.15, 0.2) is 0 Å². The predicted molar refractivity (Wildman–Crippen MR) is 71.2 cm³/mol. The first-order chi connectivity index (χ1) is 7.64. The van der Waals surface area contributed by atoms with E-state index in [9.17, 15) is 0 Å². The topological polar surface area (TPSA) is 21.3 Å². The van der Waals surface area contributed by atoms with Gasteiger partial charge in [0.05, 0.1) is 12.2 Å². The molecule has 1 aromatic heterocycles. The van der Waals surface area contributed by atoms with Crippen LogP contribution in [0.2, 0.25) is 0 Å². The van der Waals surface area contributed by atoms with E-state index in [0.29, 0.717) is 0 Å². The minimum Gasteiger partial charge on any atom is -0.374 e. The van der Waals surface area contributed by atoms with Crippen LogP contribution in [0.3, 0.4) is 0 Å². The van der Waals surface area contributed by atoms with Crippen LogP contribution in [0.4, 0.5) is 0 Å². The van der Waals surface area contributed by atoms with Gasteiger partial charge in [0.1, 0.15) is 0 Å². The Kier molecular flexibility index (Phi) is 6.03. The summed E-state index contributed by atoms with van der Waals surface area (Å²) >= 11 is 1.76. The van der Waals surface area contributed by atoms with E-state index < -0.39 is 0 Å². The van der Waals surface area contributed by atoms with Crippen molar-refractivity contribution in [3.8, 4) is 0 Å². The number of ether oxygens (including phenoxy) is 1. The predicted octanol–water partition coefficient (Wildman–Crippen LogP) is 3.09. The fourth-order valence-corrected chi connectivity index (χ4v) is 2.00. The van der Waals surface area contributed by atoms with Gasteiger partial charge in [0.25, 0.3) is 0 Å². The standard InChI is InChI=1S/C13H23NOS/c1-4-13(2,3)15-9-8-14-7-5-12-6-10-16-11-12/h6,10-11,14H,4-5,7-9H2,1-3H3. The first-order valence-corrected chi connectivity index (χ1v) is 6.94. The monoisotopic (exact) mass is 241 g/mol. The zero-order chi connectivity index (χ0) is 11.9. The third kappa shape index (κ3) is 5.64. The maximum Gasteiger partial charge on any atom is 0.0624 e. The molecule has 0 saturated heterocycles. The molecule has 0 atom stereocenters. The second-order valence-electron chi connectivity index (χ2n) is 4.59. The van der Waals surface area contributed by atoms with Crippen molar-refractivity contribution < 1.29 is 4.74 Å². The van der Waals surface area contributed by atoms with Crippen LogP contribution >= 0.6 is 11.3 Å². The van der Waals surface area contributed by atoms with Gasteiger partial charge < -0.3 is 10.1 Å². The van der Waals surface area contributed by atoms with Crippen LogP contribution in [0.1, 0.15) is 32.8 Å². The van der Waals surface area contributed by atoms with Crippen LogP contribution in [-0.2, 0) is 11.2 Å². The van der Waals surface area contributed by atoms with Gasteiger partial charge in [-0.05, 0) is 55.6 Å². The Morgan fingerprint density at radius 3 is 2.81 bits per heavy atom. The van der Waals surface area contributed by atoms with Crippen LogP contribution in [0.5, 0.6) is 0 Å². The molecule has 3 heteroatoms. The van der Waals surface area contributed by atoms with Crippen molar-refractivity contribution in [1.82, 2.24) is 5.32 Å². The Bertz CT molecular complexity index is 269. The quantitative estimate of drug-likeness (QED) is 0.706. The zero-order valence-electron chi connectivity index (χ0n) is 10.6. The normalized spacial score (nSPS) is 11.9. The van der Waals surface area contributed by atoms with E-state index in [2.05, 4.69) is 42.9 Å². The van der Waals surface area contributed by atoms with Crippen LogP contribution < -0.4 is 5.32 Å². The van der Waals surface area contributed by atoms with E-state index in [-0.39, 0.29) is 5.60 Å². The van der Waals surface area contributed by atoms with Crippen molar-refractivity contribution >= 4 is 11.3 Å². The summed E-state index contributed by atoms with van der Waals surface area (Å²) in [4.78, 5) is 0. The molecule has 0 bridgehead atoms. The van der Waals surface area contributed by atoms with Gasteiger partial charge >= 0.3 is 0 Å². The van der Waals surface area contributed by atoms with E-state index in [1.165, 1.54) is 5.56 Å². The van der Waals surface area contributed by atoms with Gasteiger partial charge in [-0.15, -0.1) is 0 Å². The summed E-state index contributed by atoms with van der Waals surface area (Å²) in [5.74, 6) is 0. The van der Waals surface area contributed by atoms with Crippen molar-refractivity contribution in [3.63, 3.8) is 0 Å². The van der Waals surface area contributed by atoms with Gasteiger partial charge in [-0.1, -0.05) is 6.92 Å². The van der Waals surface area contributed by atoms with Crippen LogP contribution in [0.15, 0.2) is 16.8 Å². The lowest BCUT2D eigenvalue weighted by molar-refractivity contribution is -0.0179. The summed E-state index contributed by atoms with van der Waals surface area (Å²) < 4.78 is 5.76. The molecule has 0 amide bonds. The van der Waals surface area contributed by atoms with E-state index in [1.807, 2.05) is 0 Å². The highest BCUT2D eigenvalue weighted by Gasteiger charge is 2.13. The van der Waals surface area contributed by atoms with Crippen molar-refractivity contribution in [2.24, 2.45) is 0 Å². The Morgan fingerprint density at radius 1 is 1.38 bits per heavy atom. The Labute approximate surface area is 103 Å². The van der Waals surface area contributed by atoms with Gasteiger partial charge in [-0.3, -0.25) is 0 Å². The molecule has 16 heavy (non-hydrogen) atoms. The highest BCUT2D eigenvalue weighted by atomic mass is 32.1. The summed E-state index contributed by atoms with van der Waals surface area (Å²) in [6, 6.07) is 2.18. The van der Waals surface area contributed by atoms with Gasteiger partial charge in [0.2, 0.25) is 0 Å². The molecule has 0 aliphatic carbocycles. The lowest BCUT2D eigenvalue weighted by Gasteiger charge is -2.23. The SMILES string of the molecule is CCC(C)(C)OCCNCCc1ccsc1. The Hall–Kier alpha value is -0.380. The second-order valence-corrected chi connectivity index (χ2v) is 5.37. The molecule has 1 aromatic rings. The van der Waals surface area contributed by atoms with Crippen LogP contribution in [0.25, 0.3) is 0 Å². The van der Waals surface area contributed by atoms with Crippen molar-refractivity contribution in [1.29, 1.82) is 0 Å². The molecule has 0 unspecified atom stereocenters. The zero-order valence-corrected chi connectivity index (χ0v) is 11.4. The maximum absolute atomic E-state index is 5.76. The van der Waals surface area contributed by atoms with E-state index in [1.54, 1.807) is 11.3 Å². The third-order valence-corrected chi connectivity index (χ3v) is 3.53. The molecule has 92 valence electrons. The second kappa shape index (κ2) is 7.05. The Balaban J connectivity index is 1.96. The molecule has 0 aliphatic rings. The first kappa shape index (κ1) is 13.7. The molecular weight excluding hydrogens is 218 g/mol. The van der Waals surface area contributed by atoms with Crippen molar-refractivity contribution in [2.75, 3.05) is 19.7 Å². The third-order valence-electron chi connectivity index (χ3n) is 2.79. The number of hydrogen-bond acceptors (Lipinski definition) is 3. The minimum atomic E-state index is 0.0229. The Morgan fingerprint density at radius 2 is 2.19 bits per heavy atom. The summed E-state index contributed by atoms with van der Waals surface area (Å²) in [5.41, 5.74) is 1.45. The largest absolute Gasteiger partial charge is 0.374 e. The smallest absolute Gasteiger partial charge is 0.0624 e. The lowest BCUT2D eigenvalue weighted by Crippen LogP contribution is -2.29. The molecule has 2 nitrogen and oxygen atoms in total. The molecule has 1 N–H and O–H groups in total. The molecule has 0 spiro atoms. The lowest BCUT2D eigenvalue weighted by atomic mass is 10.1. The van der Waals surface area contributed by atoms with Crippen molar-refractivity contribution in [3.05, 3.63) is 22.4 Å². The molecule has 1 heterocycles. The average molecular weight is 241 g/mol. The molecule has 0 radical (unpaired) electrons. The number of thiophene rings is 1. The van der Waals surface area contributed by atoms with E-state index >= 15 is 0 Å². The molecule has 0 aliphatic heterocycles. The number of hydrogen-bond donors (Lipinski definition) is 1. The van der Waals surface area contributed by atoms with Gasteiger partial charge in [-0.2, -0.15) is 11.3 Å². The average Bonchev–Trinajstić information content (AvgIpc) is 2.76. The number of rotatable bonds is 8. The molecule has 1 rings (SSSR count). The highest BCUT2D eigenvalue weighted by Crippen LogP contribution is 2.12.